The summed E-state index contributed by atoms with van der Waals surface area (Å²) in [6, 6.07) is 6.84. The third-order valence-corrected chi connectivity index (χ3v) is 3.61. The topological polar surface area (TPSA) is 123 Å². The molecule has 0 spiro atoms. The minimum atomic E-state index is -3.64. The van der Waals surface area contributed by atoms with Gasteiger partial charge in [-0.05, 0) is 28.1 Å². The third kappa shape index (κ3) is 2.76. The van der Waals surface area contributed by atoms with E-state index in [0.29, 0.717) is 10.3 Å². The zero-order valence-electron chi connectivity index (χ0n) is 10.2. The van der Waals surface area contributed by atoms with Crippen LogP contribution in [0, 0.1) is 11.3 Å². The van der Waals surface area contributed by atoms with Crippen molar-refractivity contribution in [3.63, 3.8) is 0 Å². The Labute approximate surface area is 123 Å². The fraction of sp³-hybridized carbons (Fsp3) is 0.0909. The number of hydrogen-bond donors (Lipinski definition) is 1. The molecule has 0 aliphatic rings. The van der Waals surface area contributed by atoms with E-state index in [0.717, 1.165) is 6.26 Å². The highest BCUT2D eigenvalue weighted by atomic mass is 79.9. The van der Waals surface area contributed by atoms with Crippen LogP contribution >= 0.6 is 15.9 Å². The van der Waals surface area contributed by atoms with E-state index in [9.17, 15) is 8.42 Å². The van der Waals surface area contributed by atoms with Crippen LogP contribution in [0.1, 0.15) is 5.56 Å². The highest BCUT2D eigenvalue weighted by Gasteiger charge is 2.20. The van der Waals surface area contributed by atoms with Gasteiger partial charge >= 0.3 is 0 Å². The fourth-order valence-electron chi connectivity index (χ4n) is 1.46. The van der Waals surface area contributed by atoms with Gasteiger partial charge in [0.15, 0.2) is 0 Å². The Hall–Kier alpha value is -2.05. The van der Waals surface area contributed by atoms with E-state index < -0.39 is 15.0 Å². The Kier molecular flexibility index (Phi) is 3.69. The zero-order valence-corrected chi connectivity index (χ0v) is 12.6. The second-order valence-electron chi connectivity index (χ2n) is 3.84. The first-order valence-corrected chi connectivity index (χ1v) is 7.92. The SMILES string of the molecule is CS(=O)(=O)c1nc(N)c(C#N)c(-c2cccc(Br)n2)n1. The molecule has 0 atom stereocenters. The van der Waals surface area contributed by atoms with Gasteiger partial charge in [-0.15, -0.1) is 0 Å². The molecular weight excluding hydrogens is 346 g/mol. The number of nitrogens with two attached hydrogens (primary N) is 1. The van der Waals surface area contributed by atoms with Gasteiger partial charge in [-0.2, -0.15) is 10.2 Å². The third-order valence-electron chi connectivity index (χ3n) is 2.32. The first-order chi connectivity index (χ1) is 9.32. The number of nitrogens with zero attached hydrogens (tertiary/aromatic N) is 4. The molecular formula is C11H8BrN5O2S. The van der Waals surface area contributed by atoms with E-state index in [1.165, 1.54) is 0 Å². The highest BCUT2D eigenvalue weighted by molar-refractivity contribution is 9.10. The molecule has 2 N–H and O–H groups in total. The molecule has 2 rings (SSSR count). The Morgan fingerprint density at radius 2 is 2.00 bits per heavy atom. The number of hydrogen-bond acceptors (Lipinski definition) is 7. The Bertz CT molecular complexity index is 829. The fourth-order valence-corrected chi connectivity index (χ4v) is 2.32. The lowest BCUT2D eigenvalue weighted by Gasteiger charge is -2.07. The average molecular weight is 354 g/mol. The van der Waals surface area contributed by atoms with Crippen molar-refractivity contribution in [2.75, 3.05) is 12.0 Å². The lowest BCUT2D eigenvalue weighted by atomic mass is 10.1. The molecule has 0 amide bonds. The largest absolute Gasteiger partial charge is 0.382 e. The number of sulfone groups is 1. The van der Waals surface area contributed by atoms with Crippen molar-refractivity contribution in [2.24, 2.45) is 0 Å². The number of rotatable bonds is 2. The van der Waals surface area contributed by atoms with Crippen molar-refractivity contribution >= 4 is 31.6 Å². The zero-order chi connectivity index (χ0) is 14.9. The molecule has 0 radical (unpaired) electrons. The standard InChI is InChI=1S/C11H8BrN5O2S/c1-20(18,19)11-16-9(6(5-13)10(14)17-11)7-3-2-4-8(12)15-7/h2-4H,1H3,(H2,14,16,17). The van der Waals surface area contributed by atoms with Crippen molar-refractivity contribution in [1.29, 1.82) is 5.26 Å². The summed E-state index contributed by atoms with van der Waals surface area (Å²) < 4.78 is 23.6. The summed E-state index contributed by atoms with van der Waals surface area (Å²) in [6.07, 6.45) is 0.964. The molecule has 9 heteroatoms. The molecule has 0 aliphatic carbocycles. The summed E-state index contributed by atoms with van der Waals surface area (Å²) in [5.41, 5.74) is 6.03. The highest BCUT2D eigenvalue weighted by Crippen LogP contribution is 2.25. The molecule has 0 saturated heterocycles. The summed E-state index contributed by atoms with van der Waals surface area (Å²) in [7, 11) is -3.64. The van der Waals surface area contributed by atoms with Gasteiger partial charge in [-0.3, -0.25) is 0 Å². The minimum absolute atomic E-state index is 0.0111. The predicted molar refractivity (Wildman–Crippen MR) is 75.2 cm³/mol. The maximum Gasteiger partial charge on any atom is 0.249 e. The van der Waals surface area contributed by atoms with Crippen molar-refractivity contribution in [3.8, 4) is 17.5 Å². The molecule has 102 valence electrons. The monoisotopic (exact) mass is 353 g/mol. The molecule has 20 heavy (non-hydrogen) atoms. The summed E-state index contributed by atoms with van der Waals surface area (Å²) in [5, 5.41) is 8.69. The van der Waals surface area contributed by atoms with Crippen LogP contribution in [0.5, 0.6) is 0 Å². The Balaban J connectivity index is 2.81. The number of aromatic nitrogens is 3. The summed E-state index contributed by atoms with van der Waals surface area (Å²) in [6.45, 7) is 0. The summed E-state index contributed by atoms with van der Waals surface area (Å²) in [5.74, 6) is -0.195. The van der Waals surface area contributed by atoms with Crippen molar-refractivity contribution in [1.82, 2.24) is 15.0 Å². The van der Waals surface area contributed by atoms with Crippen molar-refractivity contribution < 1.29 is 8.42 Å². The van der Waals surface area contributed by atoms with Crippen molar-refractivity contribution in [3.05, 3.63) is 28.4 Å². The van der Waals surface area contributed by atoms with Crippen LogP contribution in [0.15, 0.2) is 28.0 Å². The maximum absolute atomic E-state index is 11.5. The lowest BCUT2D eigenvalue weighted by molar-refractivity contribution is 0.593. The molecule has 0 aliphatic heterocycles. The normalized spacial score (nSPS) is 11.1. The number of nitrogen functional groups attached to an aromatic ring is 1. The molecule has 0 bridgehead atoms. The van der Waals surface area contributed by atoms with Gasteiger partial charge in [0.05, 0.1) is 5.69 Å². The molecule has 0 saturated carbocycles. The van der Waals surface area contributed by atoms with Crippen LogP contribution < -0.4 is 5.73 Å². The molecule has 7 nitrogen and oxygen atoms in total. The predicted octanol–water partition coefficient (Wildman–Crippen LogP) is 1.16. The van der Waals surface area contributed by atoms with Crippen LogP contribution in [0.2, 0.25) is 0 Å². The van der Waals surface area contributed by atoms with E-state index in [-0.39, 0.29) is 17.1 Å². The molecule has 0 aromatic carbocycles. The molecule has 0 unspecified atom stereocenters. The van der Waals surface area contributed by atoms with E-state index in [4.69, 9.17) is 11.0 Å². The van der Waals surface area contributed by atoms with Crippen molar-refractivity contribution in [2.45, 2.75) is 5.16 Å². The van der Waals surface area contributed by atoms with Crippen LogP contribution in [0.25, 0.3) is 11.4 Å². The van der Waals surface area contributed by atoms with E-state index in [1.807, 2.05) is 6.07 Å². The lowest BCUT2D eigenvalue weighted by Crippen LogP contribution is -2.10. The minimum Gasteiger partial charge on any atom is -0.382 e. The average Bonchev–Trinajstić information content (AvgIpc) is 2.36. The Morgan fingerprint density at radius 1 is 1.30 bits per heavy atom. The first-order valence-electron chi connectivity index (χ1n) is 5.23. The van der Waals surface area contributed by atoms with Crippen LogP contribution in [-0.2, 0) is 9.84 Å². The van der Waals surface area contributed by atoms with Gasteiger partial charge in [0.2, 0.25) is 15.0 Å². The molecule has 2 aromatic heterocycles. The molecule has 2 aromatic rings. The van der Waals surface area contributed by atoms with Gasteiger partial charge in [0.1, 0.15) is 27.7 Å². The second kappa shape index (κ2) is 5.15. The van der Waals surface area contributed by atoms with Gasteiger partial charge in [0, 0.05) is 6.26 Å². The smallest absolute Gasteiger partial charge is 0.249 e. The van der Waals surface area contributed by atoms with Gasteiger partial charge < -0.3 is 5.73 Å². The van der Waals surface area contributed by atoms with Crippen LogP contribution in [0.4, 0.5) is 5.82 Å². The van der Waals surface area contributed by atoms with E-state index in [1.54, 1.807) is 18.2 Å². The maximum atomic E-state index is 11.5. The van der Waals surface area contributed by atoms with E-state index in [2.05, 4.69) is 30.9 Å². The molecule has 0 fully saturated rings. The molecule has 2 heterocycles. The van der Waals surface area contributed by atoms with Gasteiger partial charge in [-0.25, -0.2) is 18.4 Å². The Morgan fingerprint density at radius 3 is 2.55 bits per heavy atom. The van der Waals surface area contributed by atoms with Gasteiger partial charge in [0.25, 0.3) is 0 Å². The van der Waals surface area contributed by atoms with Crippen LogP contribution in [-0.4, -0.2) is 29.6 Å². The second-order valence-corrected chi connectivity index (χ2v) is 6.57. The number of anilines is 1. The summed E-state index contributed by atoms with van der Waals surface area (Å²) in [4.78, 5) is 11.7. The van der Waals surface area contributed by atoms with Crippen LogP contribution in [0.3, 0.4) is 0 Å². The summed E-state index contributed by atoms with van der Waals surface area (Å²) >= 11 is 3.20. The number of nitriles is 1. The quantitative estimate of drug-likeness (QED) is 0.634. The number of pyridine rings is 1. The first kappa shape index (κ1) is 14.4. The van der Waals surface area contributed by atoms with E-state index >= 15 is 0 Å². The number of halogens is 1. The van der Waals surface area contributed by atoms with Gasteiger partial charge in [-0.1, -0.05) is 6.07 Å².